The summed E-state index contributed by atoms with van der Waals surface area (Å²) in [6.07, 6.45) is 0. The van der Waals surface area contributed by atoms with E-state index in [4.69, 9.17) is 0 Å². The SMILES string of the molecule is Cc1ccc(CN2C(=O)CSc3c(c4ccccc4n3C)[C@H]2C(=O)NCc2ccccc2)cc1. The van der Waals surface area contributed by atoms with Crippen LogP contribution >= 0.6 is 11.8 Å². The number of hydrogen-bond donors (Lipinski definition) is 1. The lowest BCUT2D eigenvalue weighted by molar-refractivity contribution is -0.139. The molecular formula is C28H27N3O2S. The summed E-state index contributed by atoms with van der Waals surface area (Å²) in [6, 6.07) is 25.4. The molecule has 6 heteroatoms. The Bertz CT molecular complexity index is 1350. The molecule has 0 aliphatic carbocycles. The van der Waals surface area contributed by atoms with Crippen LogP contribution in [0.4, 0.5) is 0 Å². The van der Waals surface area contributed by atoms with E-state index in [-0.39, 0.29) is 11.8 Å². The minimum absolute atomic E-state index is 0.0364. The molecule has 2 amide bonds. The lowest BCUT2D eigenvalue weighted by Crippen LogP contribution is -2.43. The van der Waals surface area contributed by atoms with E-state index in [0.29, 0.717) is 18.8 Å². The number of benzene rings is 3. The smallest absolute Gasteiger partial charge is 0.247 e. The highest BCUT2D eigenvalue weighted by Gasteiger charge is 2.38. The Morgan fingerprint density at radius 3 is 2.44 bits per heavy atom. The van der Waals surface area contributed by atoms with Crippen LogP contribution in [-0.4, -0.2) is 27.0 Å². The van der Waals surface area contributed by atoms with E-state index in [0.717, 1.165) is 38.2 Å². The molecule has 0 bridgehead atoms. The van der Waals surface area contributed by atoms with Gasteiger partial charge in [0, 0.05) is 36.6 Å². The molecular weight excluding hydrogens is 442 g/mol. The second kappa shape index (κ2) is 9.39. The zero-order valence-corrected chi connectivity index (χ0v) is 20.1. The van der Waals surface area contributed by atoms with Crippen LogP contribution in [0.15, 0.2) is 83.9 Å². The molecule has 4 aromatic rings. The number of rotatable bonds is 5. The Morgan fingerprint density at radius 1 is 0.971 bits per heavy atom. The summed E-state index contributed by atoms with van der Waals surface area (Å²) < 4.78 is 2.11. The summed E-state index contributed by atoms with van der Waals surface area (Å²) in [7, 11) is 2.01. The van der Waals surface area contributed by atoms with Gasteiger partial charge in [-0.3, -0.25) is 9.59 Å². The molecule has 3 aromatic carbocycles. The second-order valence-electron chi connectivity index (χ2n) is 8.70. The van der Waals surface area contributed by atoms with Crippen molar-refractivity contribution in [1.82, 2.24) is 14.8 Å². The van der Waals surface area contributed by atoms with E-state index in [9.17, 15) is 9.59 Å². The molecule has 0 unspecified atom stereocenters. The van der Waals surface area contributed by atoms with Crippen LogP contribution < -0.4 is 5.32 Å². The van der Waals surface area contributed by atoms with Crippen molar-refractivity contribution in [2.75, 3.05) is 5.75 Å². The molecule has 5 nitrogen and oxygen atoms in total. The molecule has 0 fully saturated rings. The third-order valence-electron chi connectivity index (χ3n) is 6.36. The van der Waals surface area contributed by atoms with Crippen molar-refractivity contribution in [3.8, 4) is 0 Å². The summed E-state index contributed by atoms with van der Waals surface area (Å²) in [5.41, 5.74) is 5.16. The lowest BCUT2D eigenvalue weighted by atomic mass is 10.0. The minimum atomic E-state index is -0.714. The number of nitrogens with zero attached hydrogens (tertiary/aromatic N) is 2. The summed E-state index contributed by atoms with van der Waals surface area (Å²) in [6.45, 7) is 2.83. The Labute approximate surface area is 203 Å². The molecule has 0 radical (unpaired) electrons. The highest BCUT2D eigenvalue weighted by atomic mass is 32.2. The summed E-state index contributed by atoms with van der Waals surface area (Å²) in [5.74, 6) is 0.0982. The average molecular weight is 470 g/mol. The van der Waals surface area contributed by atoms with E-state index in [1.807, 2.05) is 86.8 Å². The predicted molar refractivity (Wildman–Crippen MR) is 136 cm³/mol. The molecule has 34 heavy (non-hydrogen) atoms. The highest BCUT2D eigenvalue weighted by molar-refractivity contribution is 8.00. The van der Waals surface area contributed by atoms with Crippen LogP contribution in [0, 0.1) is 6.92 Å². The minimum Gasteiger partial charge on any atom is -0.350 e. The molecule has 1 aliphatic rings. The molecule has 0 saturated carbocycles. The fraction of sp³-hybridized carbons (Fsp3) is 0.214. The molecule has 0 spiro atoms. The number of para-hydroxylation sites is 1. The Morgan fingerprint density at radius 2 is 1.68 bits per heavy atom. The average Bonchev–Trinajstić information content (AvgIpc) is 3.05. The zero-order valence-electron chi connectivity index (χ0n) is 19.3. The van der Waals surface area contributed by atoms with Crippen LogP contribution in [-0.2, 0) is 29.7 Å². The van der Waals surface area contributed by atoms with Gasteiger partial charge in [-0.1, -0.05) is 90.1 Å². The van der Waals surface area contributed by atoms with Crippen molar-refractivity contribution in [2.45, 2.75) is 31.1 Å². The van der Waals surface area contributed by atoms with Gasteiger partial charge >= 0.3 is 0 Å². The van der Waals surface area contributed by atoms with Gasteiger partial charge in [0.2, 0.25) is 11.8 Å². The Kier molecular flexibility index (Phi) is 6.16. The molecule has 1 aliphatic heterocycles. The van der Waals surface area contributed by atoms with Gasteiger partial charge in [0.1, 0.15) is 6.04 Å². The van der Waals surface area contributed by atoms with Crippen LogP contribution in [0.2, 0.25) is 0 Å². The molecule has 5 rings (SSSR count). The first kappa shape index (κ1) is 22.3. The predicted octanol–water partition coefficient (Wildman–Crippen LogP) is 4.98. The monoisotopic (exact) mass is 469 g/mol. The number of amides is 2. The van der Waals surface area contributed by atoms with Gasteiger partial charge in [-0.05, 0) is 24.1 Å². The van der Waals surface area contributed by atoms with Crippen molar-refractivity contribution >= 4 is 34.5 Å². The van der Waals surface area contributed by atoms with E-state index in [2.05, 4.69) is 16.0 Å². The number of thioether (sulfide) groups is 1. The van der Waals surface area contributed by atoms with Gasteiger partial charge in [0.05, 0.1) is 10.8 Å². The van der Waals surface area contributed by atoms with Gasteiger partial charge in [-0.25, -0.2) is 0 Å². The Hall–Kier alpha value is -3.51. The van der Waals surface area contributed by atoms with Crippen molar-refractivity contribution < 1.29 is 9.59 Å². The van der Waals surface area contributed by atoms with E-state index >= 15 is 0 Å². The summed E-state index contributed by atoms with van der Waals surface area (Å²) in [4.78, 5) is 29.0. The number of aromatic nitrogens is 1. The lowest BCUT2D eigenvalue weighted by Gasteiger charge is -2.30. The van der Waals surface area contributed by atoms with Crippen LogP contribution in [0.5, 0.6) is 0 Å². The molecule has 1 atom stereocenters. The first-order valence-corrected chi connectivity index (χ1v) is 12.4. The quantitative estimate of drug-likeness (QED) is 0.449. The first-order chi connectivity index (χ1) is 16.5. The van der Waals surface area contributed by atoms with Crippen LogP contribution in [0.25, 0.3) is 10.9 Å². The molecule has 0 saturated heterocycles. The van der Waals surface area contributed by atoms with Crippen LogP contribution in [0.1, 0.15) is 28.3 Å². The number of hydrogen-bond acceptors (Lipinski definition) is 3. The largest absolute Gasteiger partial charge is 0.350 e. The normalized spacial score (nSPS) is 15.8. The maximum absolute atomic E-state index is 13.8. The van der Waals surface area contributed by atoms with E-state index in [1.54, 1.807) is 4.90 Å². The molecule has 1 aromatic heterocycles. The number of fused-ring (bicyclic) bond motifs is 3. The van der Waals surface area contributed by atoms with E-state index < -0.39 is 6.04 Å². The second-order valence-corrected chi connectivity index (χ2v) is 9.66. The molecule has 172 valence electrons. The topological polar surface area (TPSA) is 54.3 Å². The first-order valence-electron chi connectivity index (χ1n) is 11.4. The highest BCUT2D eigenvalue weighted by Crippen LogP contribution is 2.42. The third kappa shape index (κ3) is 4.21. The molecule has 2 heterocycles. The van der Waals surface area contributed by atoms with Gasteiger partial charge in [-0.15, -0.1) is 0 Å². The van der Waals surface area contributed by atoms with Crippen molar-refractivity contribution in [3.05, 3.63) is 101 Å². The van der Waals surface area contributed by atoms with Crippen LogP contribution in [0.3, 0.4) is 0 Å². The van der Waals surface area contributed by atoms with Gasteiger partial charge < -0.3 is 14.8 Å². The fourth-order valence-electron chi connectivity index (χ4n) is 4.57. The third-order valence-corrected chi connectivity index (χ3v) is 7.52. The van der Waals surface area contributed by atoms with Crippen molar-refractivity contribution in [3.63, 3.8) is 0 Å². The number of nitrogens with one attached hydrogen (secondary N) is 1. The molecule has 1 N–H and O–H groups in total. The summed E-state index contributed by atoms with van der Waals surface area (Å²) >= 11 is 1.51. The number of aryl methyl sites for hydroxylation is 2. The zero-order chi connectivity index (χ0) is 23.7. The maximum Gasteiger partial charge on any atom is 0.247 e. The standard InChI is InChI=1S/C28H27N3O2S/c1-19-12-14-21(15-13-19)17-31-24(32)18-34-28-25(22-10-6-7-11-23(22)30(28)2)26(31)27(33)29-16-20-8-4-3-5-9-20/h3-15,26H,16-18H2,1-2H3,(H,29,33)/t26-/m0/s1. The van der Waals surface area contributed by atoms with Crippen molar-refractivity contribution in [2.24, 2.45) is 7.05 Å². The maximum atomic E-state index is 13.8. The van der Waals surface area contributed by atoms with Gasteiger partial charge in [0.25, 0.3) is 0 Å². The summed E-state index contributed by atoms with van der Waals surface area (Å²) in [5, 5.41) is 5.09. The van der Waals surface area contributed by atoms with Crippen molar-refractivity contribution in [1.29, 1.82) is 0 Å². The fourth-order valence-corrected chi connectivity index (χ4v) is 5.67. The number of carbonyl (C=O) groups excluding carboxylic acids is 2. The Balaban J connectivity index is 1.59. The van der Waals surface area contributed by atoms with E-state index in [1.165, 1.54) is 11.8 Å². The number of carbonyl (C=O) groups is 2. The van der Waals surface area contributed by atoms with Gasteiger partial charge in [0.15, 0.2) is 0 Å². The van der Waals surface area contributed by atoms with Gasteiger partial charge in [-0.2, -0.15) is 0 Å².